The summed E-state index contributed by atoms with van der Waals surface area (Å²) in [6.45, 7) is 1.51. The first-order valence-electron chi connectivity index (χ1n) is 10.8. The molecule has 6 rings (SSSR count). The molecule has 0 bridgehead atoms. The van der Waals surface area contributed by atoms with Gasteiger partial charge in [0.2, 0.25) is 5.95 Å². The molecule has 0 amide bonds. The molecule has 3 aromatic heterocycles. The molecule has 1 unspecified atom stereocenters. The van der Waals surface area contributed by atoms with Crippen LogP contribution in [-0.4, -0.2) is 33.9 Å². The van der Waals surface area contributed by atoms with E-state index in [-0.39, 0.29) is 17.3 Å². The fourth-order valence-corrected chi connectivity index (χ4v) is 5.29. The van der Waals surface area contributed by atoms with Gasteiger partial charge in [-0.3, -0.25) is 14.6 Å². The van der Waals surface area contributed by atoms with Crippen LogP contribution in [0.1, 0.15) is 38.7 Å². The predicted octanol–water partition coefficient (Wildman–Crippen LogP) is 3.68. The zero-order valence-corrected chi connectivity index (χ0v) is 18.4. The quantitative estimate of drug-likeness (QED) is 0.479. The number of thiophene rings is 1. The minimum atomic E-state index is -0.298. The van der Waals surface area contributed by atoms with Crippen LogP contribution in [0.5, 0.6) is 11.5 Å². The normalized spacial score (nSPS) is 17.1. The van der Waals surface area contributed by atoms with Gasteiger partial charge in [-0.15, -0.1) is 11.3 Å². The molecule has 4 heterocycles. The van der Waals surface area contributed by atoms with Gasteiger partial charge >= 0.3 is 0 Å². The highest BCUT2D eigenvalue weighted by molar-refractivity contribution is 7.10. The Balaban J connectivity index is 1.30. The van der Waals surface area contributed by atoms with Crippen LogP contribution in [0.2, 0.25) is 0 Å². The van der Waals surface area contributed by atoms with E-state index in [1.54, 1.807) is 17.5 Å². The summed E-state index contributed by atoms with van der Waals surface area (Å²) in [5, 5.41) is 5.56. The Bertz CT molecular complexity index is 1430. The van der Waals surface area contributed by atoms with E-state index in [9.17, 15) is 9.59 Å². The third-order valence-corrected chi connectivity index (χ3v) is 7.07. The van der Waals surface area contributed by atoms with Gasteiger partial charge in [-0.05, 0) is 41.1 Å². The number of anilines is 1. The molecule has 0 radical (unpaired) electrons. The summed E-state index contributed by atoms with van der Waals surface area (Å²) < 4.78 is 11.2. The lowest BCUT2D eigenvalue weighted by Crippen LogP contribution is -2.23. The maximum Gasteiger partial charge on any atom is 0.262 e. The molecule has 1 atom stereocenters. The molecule has 0 fully saturated rings. The van der Waals surface area contributed by atoms with E-state index in [0.717, 1.165) is 21.8 Å². The van der Waals surface area contributed by atoms with Crippen molar-refractivity contribution in [1.82, 2.24) is 15.0 Å². The highest BCUT2D eigenvalue weighted by Crippen LogP contribution is 2.36. The molecule has 1 aliphatic carbocycles. The van der Waals surface area contributed by atoms with Crippen molar-refractivity contribution in [2.24, 2.45) is 0 Å². The van der Waals surface area contributed by atoms with Crippen molar-refractivity contribution < 1.29 is 14.3 Å². The molecule has 0 spiro atoms. The number of ketones is 1. The molecule has 4 aromatic rings. The Labute approximate surface area is 192 Å². The van der Waals surface area contributed by atoms with Crippen LogP contribution in [0.25, 0.3) is 11.0 Å². The Hall–Kier alpha value is -3.72. The lowest BCUT2D eigenvalue weighted by molar-refractivity contribution is 0.0964. The lowest BCUT2D eigenvalue weighted by Gasteiger charge is -2.23. The summed E-state index contributed by atoms with van der Waals surface area (Å²) in [4.78, 5) is 38.7. The van der Waals surface area contributed by atoms with Gasteiger partial charge < -0.3 is 14.8 Å². The number of aromatic nitrogens is 3. The van der Waals surface area contributed by atoms with Gasteiger partial charge in [-0.25, -0.2) is 4.98 Å². The highest BCUT2D eigenvalue weighted by Gasteiger charge is 2.30. The standard InChI is InChI=1S/C24H20N4O4S/c29-17-10-14(20-2-1-7-33-20)9-15-16(17)12-25-22-21(15)23(30)28-24(27-22)26-11-13-3-4-18-19(8-13)32-6-5-31-18/h1-4,7-8,12,14H,5-6,9-11H2,(H2,25,26,27,28,30). The van der Waals surface area contributed by atoms with Crippen LogP contribution in [0.4, 0.5) is 5.95 Å². The smallest absolute Gasteiger partial charge is 0.262 e. The molecule has 2 N–H and O–H groups in total. The molecule has 2 aliphatic rings. The van der Waals surface area contributed by atoms with Crippen molar-refractivity contribution in [1.29, 1.82) is 0 Å². The molecule has 0 saturated heterocycles. The van der Waals surface area contributed by atoms with Crippen LogP contribution in [0, 0.1) is 0 Å². The first-order chi connectivity index (χ1) is 16.2. The van der Waals surface area contributed by atoms with Crippen molar-refractivity contribution in [2.45, 2.75) is 25.3 Å². The van der Waals surface area contributed by atoms with Gasteiger partial charge in [0.1, 0.15) is 13.2 Å². The van der Waals surface area contributed by atoms with Crippen LogP contribution >= 0.6 is 11.3 Å². The summed E-state index contributed by atoms with van der Waals surface area (Å²) in [6.07, 6.45) is 2.61. The van der Waals surface area contributed by atoms with Crippen LogP contribution in [0.3, 0.4) is 0 Å². The molecule has 1 aromatic carbocycles. The first kappa shape index (κ1) is 19.9. The summed E-state index contributed by atoms with van der Waals surface area (Å²) in [7, 11) is 0. The summed E-state index contributed by atoms with van der Waals surface area (Å²) >= 11 is 1.63. The number of hydrogen-bond acceptors (Lipinski definition) is 8. The second-order valence-electron chi connectivity index (χ2n) is 8.14. The number of benzene rings is 1. The Kier molecular flexibility index (Phi) is 4.83. The van der Waals surface area contributed by atoms with Crippen molar-refractivity contribution in [2.75, 3.05) is 18.5 Å². The molecular weight excluding hydrogens is 440 g/mol. The van der Waals surface area contributed by atoms with Gasteiger partial charge in [-0.2, -0.15) is 4.98 Å². The van der Waals surface area contributed by atoms with E-state index < -0.39 is 0 Å². The van der Waals surface area contributed by atoms with Gasteiger partial charge in [-0.1, -0.05) is 12.1 Å². The van der Waals surface area contributed by atoms with Crippen molar-refractivity contribution in [3.05, 3.63) is 73.8 Å². The van der Waals surface area contributed by atoms with E-state index in [2.05, 4.69) is 20.3 Å². The fourth-order valence-electron chi connectivity index (χ4n) is 4.46. The molecule has 33 heavy (non-hydrogen) atoms. The van der Waals surface area contributed by atoms with Crippen molar-refractivity contribution in [3.8, 4) is 11.5 Å². The van der Waals surface area contributed by atoms with Crippen LogP contribution in [-0.2, 0) is 13.0 Å². The predicted molar refractivity (Wildman–Crippen MR) is 125 cm³/mol. The number of rotatable bonds is 4. The summed E-state index contributed by atoms with van der Waals surface area (Å²) in [6, 6.07) is 9.74. The molecular formula is C24H20N4O4S. The van der Waals surface area contributed by atoms with Gasteiger partial charge in [0.15, 0.2) is 22.9 Å². The number of pyridine rings is 1. The topological polar surface area (TPSA) is 106 Å². The second kappa shape index (κ2) is 8.00. The zero-order valence-electron chi connectivity index (χ0n) is 17.6. The largest absolute Gasteiger partial charge is 0.486 e. The van der Waals surface area contributed by atoms with E-state index in [4.69, 9.17) is 9.47 Å². The summed E-state index contributed by atoms with van der Waals surface area (Å²) in [5.41, 5.74) is 2.27. The molecule has 8 nitrogen and oxygen atoms in total. The SMILES string of the molecule is O=C1CC(c2cccs2)Cc2c1cnc1nc(NCc3ccc4c(c3)OCCO4)[nH]c(=O)c21. The number of nitrogens with zero attached hydrogens (tertiary/aromatic N) is 2. The van der Waals surface area contributed by atoms with Crippen LogP contribution < -0.4 is 20.3 Å². The number of carbonyl (C=O) groups is 1. The Morgan fingerprint density at radius 3 is 2.85 bits per heavy atom. The van der Waals surface area contributed by atoms with E-state index in [1.807, 2.05) is 35.7 Å². The number of H-pyrrole nitrogens is 1. The minimum absolute atomic E-state index is 0.0178. The van der Waals surface area contributed by atoms with Crippen LogP contribution in [0.15, 0.2) is 46.7 Å². The highest BCUT2D eigenvalue weighted by atomic mass is 32.1. The Morgan fingerprint density at radius 2 is 2.00 bits per heavy atom. The average molecular weight is 461 g/mol. The van der Waals surface area contributed by atoms with Gasteiger partial charge in [0.05, 0.1) is 5.39 Å². The van der Waals surface area contributed by atoms with Gasteiger partial charge in [0.25, 0.3) is 5.56 Å². The van der Waals surface area contributed by atoms with Gasteiger partial charge in [0, 0.05) is 35.5 Å². The minimum Gasteiger partial charge on any atom is -0.486 e. The number of fused-ring (bicyclic) bond motifs is 4. The number of hydrogen-bond donors (Lipinski definition) is 2. The maximum absolute atomic E-state index is 13.1. The summed E-state index contributed by atoms with van der Waals surface area (Å²) in [5.74, 6) is 1.85. The maximum atomic E-state index is 13.1. The third-order valence-electron chi connectivity index (χ3n) is 6.04. The number of aromatic amines is 1. The average Bonchev–Trinajstić information content (AvgIpc) is 3.37. The number of nitrogens with one attached hydrogen (secondary N) is 2. The third kappa shape index (κ3) is 3.64. The van der Waals surface area contributed by atoms with E-state index in [0.29, 0.717) is 60.9 Å². The first-order valence-corrected chi connectivity index (χ1v) is 11.6. The molecule has 0 saturated carbocycles. The molecule has 9 heteroatoms. The van der Waals surface area contributed by atoms with E-state index in [1.165, 1.54) is 0 Å². The molecule has 1 aliphatic heterocycles. The van der Waals surface area contributed by atoms with Crippen molar-refractivity contribution >= 4 is 34.1 Å². The lowest BCUT2D eigenvalue weighted by atomic mass is 9.82. The van der Waals surface area contributed by atoms with Crippen molar-refractivity contribution in [3.63, 3.8) is 0 Å². The zero-order chi connectivity index (χ0) is 22.4. The van der Waals surface area contributed by atoms with E-state index >= 15 is 0 Å². The molecule has 166 valence electrons. The number of ether oxygens (including phenoxy) is 2. The Morgan fingerprint density at radius 1 is 1.12 bits per heavy atom. The number of Topliss-reactive ketones (excluding diaryl/α,β-unsaturated/α-hetero) is 1. The second-order valence-corrected chi connectivity index (χ2v) is 9.12. The monoisotopic (exact) mass is 460 g/mol. The fraction of sp³-hybridized carbons (Fsp3) is 0.250. The number of carbonyl (C=O) groups excluding carboxylic acids is 1.